The summed E-state index contributed by atoms with van der Waals surface area (Å²) in [5.41, 5.74) is 12.8. The highest BCUT2D eigenvalue weighted by Gasteiger charge is 2.13. The van der Waals surface area contributed by atoms with E-state index >= 15 is 0 Å². The van der Waals surface area contributed by atoms with Crippen LogP contribution in [0.2, 0.25) is 0 Å². The van der Waals surface area contributed by atoms with E-state index in [1.54, 1.807) is 0 Å². The number of amides is 1. The van der Waals surface area contributed by atoms with E-state index in [0.717, 1.165) is 11.3 Å². The first-order valence-corrected chi connectivity index (χ1v) is 6.70. The zero-order valence-corrected chi connectivity index (χ0v) is 13.2. The van der Waals surface area contributed by atoms with Crippen molar-refractivity contribution in [2.75, 3.05) is 11.4 Å². The zero-order chi connectivity index (χ0) is 15.2. The number of carbonyl (C=O) groups excluding carboxylic acids is 1. The van der Waals surface area contributed by atoms with E-state index in [4.69, 9.17) is 16.0 Å². The van der Waals surface area contributed by atoms with Gasteiger partial charge in [-0.15, -0.1) is 12.4 Å². The van der Waals surface area contributed by atoms with Gasteiger partial charge >= 0.3 is 0 Å². The fourth-order valence-corrected chi connectivity index (χ4v) is 1.98. The Hall–Kier alpha value is -2.12. The number of carbonyl (C=O) groups is 1. The molecule has 2 aromatic rings. The Morgan fingerprint density at radius 2 is 2.18 bits per heavy atom. The molecule has 0 saturated carbocycles. The van der Waals surface area contributed by atoms with E-state index in [2.05, 4.69) is 10.1 Å². The van der Waals surface area contributed by atoms with E-state index in [1.165, 1.54) is 0 Å². The summed E-state index contributed by atoms with van der Waals surface area (Å²) in [6.45, 7) is 3.14. The van der Waals surface area contributed by atoms with Crippen LogP contribution in [-0.4, -0.2) is 22.6 Å². The summed E-state index contributed by atoms with van der Waals surface area (Å²) < 4.78 is 5.00. The molecule has 0 aliphatic rings. The summed E-state index contributed by atoms with van der Waals surface area (Å²) in [6, 6.07) is 7.98. The number of primary amides is 1. The Balaban J connectivity index is 0.00000242. The second-order valence-electron chi connectivity index (χ2n) is 4.79. The number of nitrogens with zero attached hydrogens (tertiary/aromatic N) is 3. The average Bonchev–Trinajstić information content (AvgIpc) is 2.91. The Labute approximate surface area is 135 Å². The predicted molar refractivity (Wildman–Crippen MR) is 85.5 cm³/mol. The first-order valence-electron chi connectivity index (χ1n) is 6.70. The van der Waals surface area contributed by atoms with E-state index in [-0.39, 0.29) is 31.3 Å². The van der Waals surface area contributed by atoms with Crippen molar-refractivity contribution in [1.82, 2.24) is 10.1 Å². The van der Waals surface area contributed by atoms with E-state index < -0.39 is 0 Å². The van der Waals surface area contributed by atoms with Crippen molar-refractivity contribution in [2.45, 2.75) is 26.4 Å². The summed E-state index contributed by atoms with van der Waals surface area (Å²) in [5.74, 6) is 0.578. The minimum Gasteiger partial charge on any atom is -0.370 e. The smallest absolute Gasteiger partial charge is 0.240 e. The summed E-state index contributed by atoms with van der Waals surface area (Å²) >= 11 is 0. The van der Waals surface area contributed by atoms with Crippen LogP contribution < -0.4 is 16.4 Å². The number of hydrogen-bond donors (Lipinski definition) is 2. The van der Waals surface area contributed by atoms with Gasteiger partial charge in [-0.3, -0.25) is 4.79 Å². The van der Waals surface area contributed by atoms with Crippen molar-refractivity contribution in [3.63, 3.8) is 0 Å². The highest BCUT2D eigenvalue weighted by atomic mass is 35.5. The number of nitrogens with two attached hydrogens (primary N) is 2. The molecule has 0 unspecified atom stereocenters. The second-order valence-corrected chi connectivity index (χ2v) is 4.79. The summed E-state index contributed by atoms with van der Waals surface area (Å²) in [4.78, 5) is 17.2. The first kappa shape index (κ1) is 17.9. The molecule has 8 heteroatoms. The van der Waals surface area contributed by atoms with Gasteiger partial charge in [-0.1, -0.05) is 17.3 Å². The number of hydrogen-bond acceptors (Lipinski definition) is 6. The Bertz CT molecular complexity index is 617. The quantitative estimate of drug-likeness (QED) is 0.789. The van der Waals surface area contributed by atoms with Crippen molar-refractivity contribution in [1.29, 1.82) is 0 Å². The molecule has 4 N–H and O–H groups in total. The normalized spacial score (nSPS) is 10.1. The maximum atomic E-state index is 11.0. The lowest BCUT2D eigenvalue weighted by Gasteiger charge is -2.23. The molecule has 0 atom stereocenters. The van der Waals surface area contributed by atoms with Crippen LogP contribution in [0.15, 0.2) is 28.8 Å². The molecule has 0 aliphatic heterocycles. The van der Waals surface area contributed by atoms with Gasteiger partial charge in [-0.2, -0.15) is 4.98 Å². The van der Waals surface area contributed by atoms with E-state index in [1.807, 2.05) is 36.1 Å². The second kappa shape index (κ2) is 8.35. The van der Waals surface area contributed by atoms with Gasteiger partial charge in [0.25, 0.3) is 0 Å². The molecule has 0 spiro atoms. The van der Waals surface area contributed by atoms with Gasteiger partial charge < -0.3 is 20.9 Å². The molecule has 0 fully saturated rings. The first-order chi connectivity index (χ1) is 10.1. The van der Waals surface area contributed by atoms with Gasteiger partial charge in [-0.05, 0) is 24.6 Å². The zero-order valence-electron chi connectivity index (χ0n) is 12.4. The van der Waals surface area contributed by atoms with Crippen molar-refractivity contribution in [2.24, 2.45) is 11.5 Å². The van der Waals surface area contributed by atoms with Gasteiger partial charge in [-0.25, -0.2) is 0 Å². The van der Waals surface area contributed by atoms with Crippen molar-refractivity contribution in [3.8, 4) is 0 Å². The maximum Gasteiger partial charge on any atom is 0.240 e. The van der Waals surface area contributed by atoms with E-state index in [0.29, 0.717) is 24.8 Å². The topological polar surface area (TPSA) is 111 Å². The third-order valence-electron chi connectivity index (χ3n) is 3.01. The lowest BCUT2D eigenvalue weighted by molar-refractivity contribution is -0.117. The molecule has 0 bridgehead atoms. The van der Waals surface area contributed by atoms with Crippen LogP contribution in [0.1, 0.15) is 23.7 Å². The Morgan fingerprint density at radius 3 is 2.77 bits per heavy atom. The Morgan fingerprint density at radius 1 is 1.41 bits per heavy atom. The van der Waals surface area contributed by atoms with E-state index in [9.17, 15) is 4.79 Å². The Kier molecular flexibility index (Phi) is 6.81. The van der Waals surface area contributed by atoms with Crippen LogP contribution in [0.5, 0.6) is 0 Å². The highest BCUT2D eigenvalue weighted by molar-refractivity contribution is 5.85. The molecule has 1 heterocycles. The SMILES string of the molecule is Cc1cccc(N(CCC(N)=O)Cc2noc(CN)n2)c1.Cl. The van der Waals surface area contributed by atoms with Crippen molar-refractivity contribution in [3.05, 3.63) is 41.5 Å². The third kappa shape index (κ3) is 5.01. The number of rotatable bonds is 7. The maximum absolute atomic E-state index is 11.0. The van der Waals surface area contributed by atoms with Gasteiger partial charge in [0.1, 0.15) is 0 Å². The average molecular weight is 326 g/mol. The molecular formula is C14H20ClN5O2. The molecule has 120 valence electrons. The molecule has 1 aromatic heterocycles. The van der Waals surface area contributed by atoms with Crippen LogP contribution in [-0.2, 0) is 17.9 Å². The fraction of sp³-hybridized carbons (Fsp3) is 0.357. The molecule has 7 nitrogen and oxygen atoms in total. The van der Waals surface area contributed by atoms with Gasteiger partial charge in [0.15, 0.2) is 5.82 Å². The predicted octanol–water partition coefficient (Wildman–Crippen LogP) is 1.14. The van der Waals surface area contributed by atoms with Crippen molar-refractivity contribution >= 4 is 24.0 Å². The van der Waals surface area contributed by atoms with Crippen LogP contribution in [0, 0.1) is 6.92 Å². The molecule has 2 rings (SSSR count). The number of halogens is 1. The standard InChI is InChI=1S/C14H19N5O2.ClH/c1-10-3-2-4-11(7-10)19(6-5-12(16)20)9-13-17-14(8-15)21-18-13;/h2-4,7H,5-6,8-9,15H2,1H3,(H2,16,20);1H. The lowest BCUT2D eigenvalue weighted by atomic mass is 10.2. The van der Waals surface area contributed by atoms with Gasteiger partial charge in [0.2, 0.25) is 11.8 Å². The summed E-state index contributed by atoms with van der Waals surface area (Å²) in [7, 11) is 0. The lowest BCUT2D eigenvalue weighted by Crippen LogP contribution is -2.28. The molecule has 0 radical (unpaired) electrons. The minimum absolute atomic E-state index is 0. The van der Waals surface area contributed by atoms with Crippen LogP contribution >= 0.6 is 12.4 Å². The van der Waals surface area contributed by atoms with Crippen LogP contribution in [0.4, 0.5) is 5.69 Å². The van der Waals surface area contributed by atoms with Gasteiger partial charge in [0.05, 0.1) is 13.1 Å². The molecule has 0 aliphatic carbocycles. The van der Waals surface area contributed by atoms with Crippen LogP contribution in [0.3, 0.4) is 0 Å². The number of anilines is 1. The number of aromatic nitrogens is 2. The van der Waals surface area contributed by atoms with Gasteiger partial charge in [0, 0.05) is 18.7 Å². The summed E-state index contributed by atoms with van der Waals surface area (Å²) in [5, 5.41) is 3.88. The molecule has 1 aromatic carbocycles. The molecular weight excluding hydrogens is 306 g/mol. The molecule has 1 amide bonds. The molecule has 22 heavy (non-hydrogen) atoms. The van der Waals surface area contributed by atoms with Crippen LogP contribution in [0.25, 0.3) is 0 Å². The minimum atomic E-state index is -0.344. The highest BCUT2D eigenvalue weighted by Crippen LogP contribution is 2.18. The largest absolute Gasteiger partial charge is 0.370 e. The fourth-order valence-electron chi connectivity index (χ4n) is 1.98. The summed E-state index contributed by atoms with van der Waals surface area (Å²) in [6.07, 6.45) is 0.259. The third-order valence-corrected chi connectivity index (χ3v) is 3.01. The molecule has 0 saturated heterocycles. The van der Waals surface area contributed by atoms with Crippen molar-refractivity contribution < 1.29 is 9.32 Å². The number of aryl methyl sites for hydroxylation is 1. The monoisotopic (exact) mass is 325 g/mol. The number of benzene rings is 1.